The fourth-order valence-corrected chi connectivity index (χ4v) is 2.04. The van der Waals surface area contributed by atoms with Gasteiger partial charge in [0.1, 0.15) is 6.04 Å². The van der Waals surface area contributed by atoms with Gasteiger partial charge in [-0.2, -0.15) is 0 Å². The lowest BCUT2D eigenvalue weighted by Gasteiger charge is -2.25. The van der Waals surface area contributed by atoms with Gasteiger partial charge in [0.25, 0.3) is 0 Å². The van der Waals surface area contributed by atoms with Gasteiger partial charge in [-0.3, -0.25) is 10.1 Å². The number of aliphatic carboxylic acids is 1. The van der Waals surface area contributed by atoms with Crippen molar-refractivity contribution in [1.82, 2.24) is 5.32 Å². The van der Waals surface area contributed by atoms with Crippen LogP contribution in [0.15, 0.2) is 30.3 Å². The highest BCUT2D eigenvalue weighted by atomic mass is 16.4. The highest BCUT2D eigenvalue weighted by molar-refractivity contribution is 5.75. The lowest BCUT2D eigenvalue weighted by atomic mass is 9.98. The second kappa shape index (κ2) is 4.49. The normalized spacial score (nSPS) is 20.6. The van der Waals surface area contributed by atoms with E-state index in [1.54, 1.807) is 0 Å². The third-order valence-corrected chi connectivity index (χ3v) is 3.88. The summed E-state index contributed by atoms with van der Waals surface area (Å²) in [4.78, 5) is 11.3. The molecule has 17 heavy (non-hydrogen) atoms. The van der Waals surface area contributed by atoms with Crippen molar-refractivity contribution in [1.29, 1.82) is 0 Å². The molecule has 1 aromatic rings. The van der Waals surface area contributed by atoms with Crippen molar-refractivity contribution >= 4 is 5.97 Å². The Morgan fingerprint density at radius 2 is 1.94 bits per heavy atom. The van der Waals surface area contributed by atoms with E-state index in [4.69, 9.17) is 0 Å². The standard InChI is InChI=1S/C14H19NO2/c1-10(14(2)8-9-14)15-12(13(16)17)11-6-4-3-5-7-11/h3-7,10,12,15H,8-9H2,1-2H3,(H,16,17). The quantitative estimate of drug-likeness (QED) is 0.821. The van der Waals surface area contributed by atoms with Crippen LogP contribution in [0.2, 0.25) is 0 Å². The molecular weight excluding hydrogens is 214 g/mol. The molecule has 0 bridgehead atoms. The largest absolute Gasteiger partial charge is 0.480 e. The number of carboxylic acid groups (broad SMARTS) is 1. The molecule has 1 aliphatic carbocycles. The number of hydrogen-bond acceptors (Lipinski definition) is 2. The molecule has 1 aromatic carbocycles. The zero-order valence-electron chi connectivity index (χ0n) is 10.3. The molecule has 2 N–H and O–H groups in total. The third kappa shape index (κ3) is 2.67. The first-order valence-electron chi connectivity index (χ1n) is 6.07. The molecule has 92 valence electrons. The monoisotopic (exact) mass is 233 g/mol. The maximum absolute atomic E-state index is 11.3. The molecule has 2 rings (SSSR count). The van der Waals surface area contributed by atoms with Gasteiger partial charge in [0.2, 0.25) is 0 Å². The summed E-state index contributed by atoms with van der Waals surface area (Å²) in [6, 6.07) is 8.97. The number of nitrogens with one attached hydrogen (secondary N) is 1. The van der Waals surface area contributed by atoms with Crippen LogP contribution < -0.4 is 5.32 Å². The Labute approximate surface area is 102 Å². The zero-order valence-corrected chi connectivity index (χ0v) is 10.3. The van der Waals surface area contributed by atoms with Gasteiger partial charge < -0.3 is 5.11 Å². The Morgan fingerprint density at radius 1 is 1.35 bits per heavy atom. The van der Waals surface area contributed by atoms with Crippen LogP contribution in [0.25, 0.3) is 0 Å². The predicted molar refractivity (Wildman–Crippen MR) is 66.8 cm³/mol. The van der Waals surface area contributed by atoms with Crippen LogP contribution in [-0.2, 0) is 4.79 Å². The average Bonchev–Trinajstić information content (AvgIpc) is 3.06. The van der Waals surface area contributed by atoms with Crippen LogP contribution in [0, 0.1) is 5.41 Å². The summed E-state index contributed by atoms with van der Waals surface area (Å²) in [6.45, 7) is 4.28. The Kier molecular flexibility index (Phi) is 3.20. The molecule has 0 aromatic heterocycles. The molecule has 0 heterocycles. The summed E-state index contributed by atoms with van der Waals surface area (Å²) in [5.74, 6) is -0.813. The van der Waals surface area contributed by atoms with Crippen molar-refractivity contribution in [2.24, 2.45) is 5.41 Å². The van der Waals surface area contributed by atoms with Crippen molar-refractivity contribution < 1.29 is 9.90 Å². The molecule has 3 heteroatoms. The van der Waals surface area contributed by atoms with Crippen LogP contribution in [0.3, 0.4) is 0 Å². The summed E-state index contributed by atoms with van der Waals surface area (Å²) in [7, 11) is 0. The van der Waals surface area contributed by atoms with Crippen molar-refractivity contribution in [3.63, 3.8) is 0 Å². The first-order chi connectivity index (χ1) is 8.03. The van der Waals surface area contributed by atoms with E-state index in [9.17, 15) is 9.90 Å². The topological polar surface area (TPSA) is 49.3 Å². The Morgan fingerprint density at radius 3 is 2.41 bits per heavy atom. The highest BCUT2D eigenvalue weighted by Gasteiger charge is 2.43. The molecule has 1 fully saturated rings. The minimum atomic E-state index is -0.813. The highest BCUT2D eigenvalue weighted by Crippen LogP contribution is 2.48. The van der Waals surface area contributed by atoms with E-state index in [0.29, 0.717) is 0 Å². The number of benzene rings is 1. The van der Waals surface area contributed by atoms with Gasteiger partial charge in [-0.1, -0.05) is 37.3 Å². The number of hydrogen-bond donors (Lipinski definition) is 2. The van der Waals surface area contributed by atoms with Crippen LogP contribution in [0.1, 0.15) is 38.3 Å². The van der Waals surface area contributed by atoms with Gasteiger partial charge in [0.15, 0.2) is 0 Å². The molecule has 1 aliphatic rings. The number of carboxylic acids is 1. The van der Waals surface area contributed by atoms with Crippen molar-refractivity contribution in [2.45, 2.75) is 38.8 Å². The lowest BCUT2D eigenvalue weighted by Crippen LogP contribution is -2.39. The number of carbonyl (C=O) groups is 1. The molecule has 0 amide bonds. The van der Waals surface area contributed by atoms with Gasteiger partial charge in [0, 0.05) is 6.04 Å². The van der Waals surface area contributed by atoms with E-state index in [-0.39, 0.29) is 11.5 Å². The van der Waals surface area contributed by atoms with E-state index in [1.807, 2.05) is 30.3 Å². The van der Waals surface area contributed by atoms with Gasteiger partial charge in [-0.05, 0) is 30.7 Å². The van der Waals surface area contributed by atoms with E-state index in [0.717, 1.165) is 5.56 Å². The van der Waals surface area contributed by atoms with Gasteiger partial charge in [-0.25, -0.2) is 0 Å². The van der Waals surface area contributed by atoms with Crippen molar-refractivity contribution in [3.8, 4) is 0 Å². The van der Waals surface area contributed by atoms with Crippen molar-refractivity contribution in [3.05, 3.63) is 35.9 Å². The van der Waals surface area contributed by atoms with Crippen LogP contribution in [0.5, 0.6) is 0 Å². The van der Waals surface area contributed by atoms with Crippen LogP contribution in [-0.4, -0.2) is 17.1 Å². The Bertz CT molecular complexity index is 398. The summed E-state index contributed by atoms with van der Waals surface area (Å²) < 4.78 is 0. The lowest BCUT2D eigenvalue weighted by molar-refractivity contribution is -0.140. The molecule has 2 unspecified atom stereocenters. The SMILES string of the molecule is CC(NC(C(=O)O)c1ccccc1)C1(C)CC1. The first-order valence-corrected chi connectivity index (χ1v) is 6.07. The first kappa shape index (κ1) is 12.1. The summed E-state index contributed by atoms with van der Waals surface area (Å²) in [5, 5.41) is 12.5. The molecule has 0 aliphatic heterocycles. The van der Waals surface area contributed by atoms with Crippen molar-refractivity contribution in [2.75, 3.05) is 0 Å². The molecule has 0 saturated heterocycles. The molecule has 3 nitrogen and oxygen atoms in total. The fourth-order valence-electron chi connectivity index (χ4n) is 2.04. The second-order valence-corrected chi connectivity index (χ2v) is 5.22. The van der Waals surface area contributed by atoms with Crippen LogP contribution in [0.4, 0.5) is 0 Å². The Hall–Kier alpha value is -1.35. The number of rotatable bonds is 5. The molecular formula is C14H19NO2. The molecule has 0 radical (unpaired) electrons. The summed E-state index contributed by atoms with van der Waals surface area (Å²) in [6.07, 6.45) is 2.37. The third-order valence-electron chi connectivity index (χ3n) is 3.88. The summed E-state index contributed by atoms with van der Waals surface area (Å²) >= 11 is 0. The maximum Gasteiger partial charge on any atom is 0.325 e. The zero-order chi connectivity index (χ0) is 12.5. The Balaban J connectivity index is 2.11. The molecule has 0 spiro atoms. The van der Waals surface area contributed by atoms with E-state index < -0.39 is 12.0 Å². The van der Waals surface area contributed by atoms with Gasteiger partial charge in [-0.15, -0.1) is 0 Å². The molecule has 1 saturated carbocycles. The van der Waals surface area contributed by atoms with Gasteiger partial charge in [0.05, 0.1) is 0 Å². The second-order valence-electron chi connectivity index (χ2n) is 5.22. The maximum atomic E-state index is 11.3. The van der Waals surface area contributed by atoms with E-state index in [1.165, 1.54) is 12.8 Å². The minimum Gasteiger partial charge on any atom is -0.480 e. The van der Waals surface area contributed by atoms with E-state index in [2.05, 4.69) is 19.2 Å². The smallest absolute Gasteiger partial charge is 0.325 e. The fraction of sp³-hybridized carbons (Fsp3) is 0.500. The average molecular weight is 233 g/mol. The van der Waals surface area contributed by atoms with Crippen LogP contribution >= 0.6 is 0 Å². The summed E-state index contributed by atoms with van der Waals surface area (Å²) in [5.41, 5.74) is 1.10. The minimum absolute atomic E-state index is 0.226. The molecule has 2 atom stereocenters. The van der Waals surface area contributed by atoms with E-state index >= 15 is 0 Å². The predicted octanol–water partition coefficient (Wildman–Crippen LogP) is 2.59. The van der Waals surface area contributed by atoms with Gasteiger partial charge >= 0.3 is 5.97 Å².